The lowest BCUT2D eigenvalue weighted by Gasteiger charge is -2.08. The van der Waals surface area contributed by atoms with Gasteiger partial charge in [0, 0.05) is 17.8 Å². The fraction of sp³-hybridized carbons (Fsp3) is 0.154. The molecule has 4 heteroatoms. The van der Waals surface area contributed by atoms with Crippen LogP contribution in [0.3, 0.4) is 0 Å². The van der Waals surface area contributed by atoms with Gasteiger partial charge in [0.25, 0.3) is 0 Å². The van der Waals surface area contributed by atoms with Crippen LogP contribution in [0.15, 0.2) is 36.7 Å². The Balaban J connectivity index is 2.17. The summed E-state index contributed by atoms with van der Waals surface area (Å²) in [6.07, 6.45) is 3.54. The molecular weight excluding hydrogens is 218 g/mol. The van der Waals surface area contributed by atoms with Gasteiger partial charge in [-0.3, -0.25) is 14.6 Å². The average Bonchev–Trinajstić information content (AvgIpc) is 2.68. The molecule has 0 N–H and O–H groups in total. The fourth-order valence-electron chi connectivity index (χ4n) is 2.16. The lowest BCUT2D eigenvalue weighted by Crippen LogP contribution is -2.06. The number of cyclic esters (lactones) is 2. The van der Waals surface area contributed by atoms with Crippen molar-refractivity contribution >= 4 is 22.7 Å². The van der Waals surface area contributed by atoms with Crippen LogP contribution in [0.1, 0.15) is 17.9 Å². The van der Waals surface area contributed by atoms with Gasteiger partial charge in [-0.2, -0.15) is 0 Å². The SMILES string of the molecule is O=C1CC(c2cccc3cnccc23)C(=O)O1. The maximum absolute atomic E-state index is 11.6. The van der Waals surface area contributed by atoms with Crippen molar-refractivity contribution in [3.8, 4) is 0 Å². The Kier molecular flexibility index (Phi) is 2.14. The largest absolute Gasteiger partial charge is 0.393 e. The molecule has 1 aromatic carbocycles. The number of aromatic nitrogens is 1. The number of hydrogen-bond acceptors (Lipinski definition) is 4. The fourth-order valence-corrected chi connectivity index (χ4v) is 2.16. The second kappa shape index (κ2) is 3.66. The summed E-state index contributed by atoms with van der Waals surface area (Å²) in [6, 6.07) is 7.48. The van der Waals surface area contributed by atoms with Gasteiger partial charge in [0.15, 0.2) is 0 Å². The number of ether oxygens (including phenoxy) is 1. The molecule has 3 rings (SSSR count). The second-order valence-electron chi connectivity index (χ2n) is 3.99. The molecule has 0 aliphatic carbocycles. The van der Waals surface area contributed by atoms with Crippen molar-refractivity contribution in [2.75, 3.05) is 0 Å². The highest BCUT2D eigenvalue weighted by Crippen LogP contribution is 2.32. The highest BCUT2D eigenvalue weighted by molar-refractivity contribution is 6.00. The van der Waals surface area contributed by atoms with Crippen molar-refractivity contribution in [3.63, 3.8) is 0 Å². The smallest absolute Gasteiger partial charge is 0.321 e. The zero-order valence-corrected chi connectivity index (χ0v) is 8.92. The van der Waals surface area contributed by atoms with E-state index in [0.29, 0.717) is 0 Å². The highest BCUT2D eigenvalue weighted by Gasteiger charge is 2.35. The first-order chi connectivity index (χ1) is 8.25. The topological polar surface area (TPSA) is 56.3 Å². The van der Waals surface area contributed by atoms with E-state index in [2.05, 4.69) is 9.72 Å². The molecule has 2 aromatic rings. The van der Waals surface area contributed by atoms with Crippen molar-refractivity contribution < 1.29 is 14.3 Å². The minimum absolute atomic E-state index is 0.125. The van der Waals surface area contributed by atoms with Gasteiger partial charge in [0.05, 0.1) is 12.3 Å². The van der Waals surface area contributed by atoms with E-state index >= 15 is 0 Å². The third-order valence-corrected chi connectivity index (χ3v) is 2.96. The van der Waals surface area contributed by atoms with Crippen LogP contribution in [0.4, 0.5) is 0 Å². The molecule has 17 heavy (non-hydrogen) atoms. The number of carbonyl (C=O) groups is 2. The number of rotatable bonds is 1. The first-order valence-corrected chi connectivity index (χ1v) is 5.33. The van der Waals surface area contributed by atoms with E-state index in [0.717, 1.165) is 16.3 Å². The van der Waals surface area contributed by atoms with E-state index < -0.39 is 17.9 Å². The lowest BCUT2D eigenvalue weighted by molar-refractivity contribution is -0.152. The molecule has 0 bridgehead atoms. The van der Waals surface area contributed by atoms with Crippen molar-refractivity contribution in [3.05, 3.63) is 42.2 Å². The molecular formula is C13H9NO3. The zero-order chi connectivity index (χ0) is 11.8. The van der Waals surface area contributed by atoms with Gasteiger partial charge >= 0.3 is 11.9 Å². The summed E-state index contributed by atoms with van der Waals surface area (Å²) < 4.78 is 4.58. The molecule has 1 atom stereocenters. The lowest BCUT2D eigenvalue weighted by atomic mass is 9.93. The van der Waals surface area contributed by atoms with Crippen LogP contribution in [0.5, 0.6) is 0 Å². The van der Waals surface area contributed by atoms with E-state index in [4.69, 9.17) is 0 Å². The van der Waals surface area contributed by atoms with Gasteiger partial charge in [0.2, 0.25) is 0 Å². The quantitative estimate of drug-likeness (QED) is 0.550. The minimum Gasteiger partial charge on any atom is -0.393 e. The molecule has 1 fully saturated rings. The highest BCUT2D eigenvalue weighted by atomic mass is 16.6. The van der Waals surface area contributed by atoms with Gasteiger partial charge in [-0.15, -0.1) is 0 Å². The number of fused-ring (bicyclic) bond motifs is 1. The molecule has 0 radical (unpaired) electrons. The molecule has 0 amide bonds. The van der Waals surface area contributed by atoms with Crippen molar-refractivity contribution in [1.82, 2.24) is 4.98 Å². The number of benzene rings is 1. The van der Waals surface area contributed by atoms with E-state index in [9.17, 15) is 9.59 Å². The Labute approximate surface area is 97.2 Å². The summed E-state index contributed by atoms with van der Waals surface area (Å²) in [4.78, 5) is 26.7. The normalized spacial score (nSPS) is 19.6. The van der Waals surface area contributed by atoms with Gasteiger partial charge in [-0.05, 0) is 17.0 Å². The average molecular weight is 227 g/mol. The van der Waals surface area contributed by atoms with Crippen molar-refractivity contribution in [2.24, 2.45) is 0 Å². The van der Waals surface area contributed by atoms with E-state index in [1.165, 1.54) is 0 Å². The van der Waals surface area contributed by atoms with E-state index in [1.807, 2.05) is 24.3 Å². The predicted molar refractivity (Wildman–Crippen MR) is 60.2 cm³/mol. The summed E-state index contributed by atoms with van der Waals surface area (Å²) in [5.41, 5.74) is 0.834. The summed E-state index contributed by atoms with van der Waals surface area (Å²) in [5.74, 6) is -1.39. The Morgan fingerprint density at radius 1 is 1.24 bits per heavy atom. The number of nitrogens with zero attached hydrogens (tertiary/aromatic N) is 1. The Hall–Kier alpha value is -2.23. The number of pyridine rings is 1. The predicted octanol–water partition coefficient (Wildman–Crippen LogP) is 1.79. The van der Waals surface area contributed by atoms with Crippen LogP contribution < -0.4 is 0 Å². The zero-order valence-electron chi connectivity index (χ0n) is 8.92. The van der Waals surface area contributed by atoms with Gasteiger partial charge < -0.3 is 4.74 Å². The monoisotopic (exact) mass is 227 g/mol. The van der Waals surface area contributed by atoms with Crippen molar-refractivity contribution in [2.45, 2.75) is 12.3 Å². The molecule has 0 spiro atoms. The Bertz CT molecular complexity index is 616. The van der Waals surface area contributed by atoms with Gasteiger partial charge in [-0.25, -0.2) is 0 Å². The summed E-state index contributed by atoms with van der Waals surface area (Å²) in [6.45, 7) is 0. The Morgan fingerprint density at radius 3 is 2.88 bits per heavy atom. The third kappa shape index (κ3) is 1.58. The number of carbonyl (C=O) groups excluding carboxylic acids is 2. The molecule has 1 aliphatic rings. The summed E-state index contributed by atoms with van der Waals surface area (Å²) >= 11 is 0. The standard InChI is InChI=1S/C13H9NO3/c15-12-6-11(13(16)17-12)10-3-1-2-8-7-14-5-4-9(8)10/h1-5,7,11H,6H2. The molecule has 4 nitrogen and oxygen atoms in total. The number of esters is 2. The maximum atomic E-state index is 11.6. The van der Waals surface area contributed by atoms with E-state index in [-0.39, 0.29) is 6.42 Å². The molecule has 1 aliphatic heterocycles. The first-order valence-electron chi connectivity index (χ1n) is 5.33. The Morgan fingerprint density at radius 2 is 2.12 bits per heavy atom. The summed E-state index contributed by atoms with van der Waals surface area (Å²) in [7, 11) is 0. The van der Waals surface area contributed by atoms with Gasteiger partial charge in [0.1, 0.15) is 0 Å². The van der Waals surface area contributed by atoms with Crippen LogP contribution >= 0.6 is 0 Å². The third-order valence-electron chi connectivity index (χ3n) is 2.96. The minimum atomic E-state index is -0.478. The van der Waals surface area contributed by atoms with E-state index in [1.54, 1.807) is 12.4 Å². The van der Waals surface area contributed by atoms with Gasteiger partial charge in [-0.1, -0.05) is 18.2 Å². The molecule has 84 valence electrons. The number of hydrogen-bond donors (Lipinski definition) is 0. The van der Waals surface area contributed by atoms with Crippen LogP contribution in [0, 0.1) is 0 Å². The van der Waals surface area contributed by atoms with Crippen LogP contribution in [0.25, 0.3) is 10.8 Å². The molecule has 1 unspecified atom stereocenters. The molecule has 2 heterocycles. The van der Waals surface area contributed by atoms with Crippen molar-refractivity contribution in [1.29, 1.82) is 0 Å². The second-order valence-corrected chi connectivity index (χ2v) is 3.99. The maximum Gasteiger partial charge on any atom is 0.321 e. The van der Waals surface area contributed by atoms with Crippen LogP contribution in [0.2, 0.25) is 0 Å². The molecule has 1 aromatic heterocycles. The molecule has 1 saturated heterocycles. The van der Waals surface area contributed by atoms with Crippen LogP contribution in [-0.2, 0) is 14.3 Å². The first kappa shape index (κ1) is 9.96. The van der Waals surface area contributed by atoms with Crippen LogP contribution in [-0.4, -0.2) is 16.9 Å². The molecule has 0 saturated carbocycles. The summed E-state index contributed by atoms with van der Waals surface area (Å²) in [5, 5.41) is 1.90.